The summed E-state index contributed by atoms with van der Waals surface area (Å²) < 4.78 is 0. The lowest BCUT2D eigenvalue weighted by atomic mass is 9.52. The molecule has 0 heterocycles. The third kappa shape index (κ3) is 2.14. The Bertz CT molecular complexity index is 662. The first-order valence-corrected chi connectivity index (χ1v) is 9.23. The number of hydrogen-bond acceptors (Lipinski definition) is 2. The number of fused-ring (bicyclic) bond motifs is 5. The quantitative estimate of drug-likeness (QED) is 0.780. The highest BCUT2D eigenvalue weighted by Gasteiger charge is 2.53. The summed E-state index contributed by atoms with van der Waals surface area (Å²) in [5.41, 5.74) is 5.47. The van der Waals surface area contributed by atoms with E-state index in [-0.39, 0.29) is 11.9 Å². The lowest BCUT2D eigenvalue weighted by Gasteiger charge is -2.53. The number of aliphatic hydroxyl groups is 1. The van der Waals surface area contributed by atoms with Gasteiger partial charge in [0, 0.05) is 5.56 Å². The third-order valence-electron chi connectivity index (χ3n) is 7.50. The second-order valence-corrected chi connectivity index (χ2v) is 8.49. The molecule has 2 fully saturated rings. The molecule has 2 nitrogen and oxygen atoms in total. The van der Waals surface area contributed by atoms with Crippen molar-refractivity contribution in [1.82, 2.24) is 0 Å². The Balaban J connectivity index is 1.73. The van der Waals surface area contributed by atoms with Gasteiger partial charge in [0.05, 0.1) is 6.10 Å². The van der Waals surface area contributed by atoms with Crippen LogP contribution in [0.1, 0.15) is 78.9 Å². The first kappa shape index (κ1) is 15.4. The van der Waals surface area contributed by atoms with Crippen LogP contribution < -0.4 is 0 Å². The summed E-state index contributed by atoms with van der Waals surface area (Å²) in [6.45, 7) is 6.29. The van der Waals surface area contributed by atoms with Gasteiger partial charge in [-0.25, -0.2) is 0 Å². The van der Waals surface area contributed by atoms with Crippen LogP contribution in [0, 0.1) is 24.2 Å². The Morgan fingerprint density at radius 3 is 2.78 bits per heavy atom. The molecular formula is C21H28O2. The van der Waals surface area contributed by atoms with Crippen molar-refractivity contribution >= 4 is 5.78 Å². The molecule has 3 aliphatic carbocycles. The minimum atomic E-state index is -0.0838. The van der Waals surface area contributed by atoms with Crippen LogP contribution in [0.5, 0.6) is 0 Å². The summed E-state index contributed by atoms with van der Waals surface area (Å²) in [5.74, 6) is 2.23. The van der Waals surface area contributed by atoms with E-state index in [4.69, 9.17) is 0 Å². The number of hydrogen-bond donors (Lipinski definition) is 1. The summed E-state index contributed by atoms with van der Waals surface area (Å²) in [4.78, 5) is 11.9. The van der Waals surface area contributed by atoms with Crippen LogP contribution in [-0.4, -0.2) is 17.0 Å². The van der Waals surface area contributed by atoms with Crippen molar-refractivity contribution in [3.05, 3.63) is 34.4 Å². The maximum absolute atomic E-state index is 11.9. The SMILES string of the molecule is CC(=O)c1ccc2c(c1C)C[C@H]1[C@H]2CC[C@H]2C[C@@H](O)CC[C@@]21C. The number of Topliss-reactive ketones (excluding diaryl/α,β-unsaturated/α-hetero) is 1. The van der Waals surface area contributed by atoms with Gasteiger partial charge < -0.3 is 5.11 Å². The average molecular weight is 312 g/mol. The van der Waals surface area contributed by atoms with Crippen molar-refractivity contribution in [2.45, 2.75) is 71.3 Å². The fraction of sp³-hybridized carbons (Fsp3) is 0.667. The number of carbonyl (C=O) groups is 1. The van der Waals surface area contributed by atoms with Gasteiger partial charge in [-0.3, -0.25) is 4.79 Å². The molecule has 23 heavy (non-hydrogen) atoms. The molecule has 0 bridgehead atoms. The largest absolute Gasteiger partial charge is 0.393 e. The van der Waals surface area contributed by atoms with Crippen molar-refractivity contribution in [2.75, 3.05) is 0 Å². The van der Waals surface area contributed by atoms with Gasteiger partial charge in [0.15, 0.2) is 5.78 Å². The molecular weight excluding hydrogens is 284 g/mol. The molecule has 0 aromatic heterocycles. The molecule has 0 aliphatic heterocycles. The minimum Gasteiger partial charge on any atom is -0.393 e. The molecule has 0 saturated heterocycles. The predicted molar refractivity (Wildman–Crippen MR) is 91.8 cm³/mol. The van der Waals surface area contributed by atoms with Crippen molar-refractivity contribution in [3.63, 3.8) is 0 Å². The second kappa shape index (κ2) is 5.17. The highest BCUT2D eigenvalue weighted by Crippen LogP contribution is 2.61. The smallest absolute Gasteiger partial charge is 0.160 e. The van der Waals surface area contributed by atoms with E-state index in [9.17, 15) is 9.90 Å². The zero-order valence-electron chi connectivity index (χ0n) is 14.6. The fourth-order valence-electron chi connectivity index (χ4n) is 6.12. The van der Waals surface area contributed by atoms with Gasteiger partial charge in [-0.1, -0.05) is 19.1 Å². The van der Waals surface area contributed by atoms with Crippen molar-refractivity contribution in [1.29, 1.82) is 0 Å². The van der Waals surface area contributed by atoms with Gasteiger partial charge in [0.2, 0.25) is 0 Å². The highest BCUT2D eigenvalue weighted by atomic mass is 16.3. The van der Waals surface area contributed by atoms with E-state index in [1.165, 1.54) is 29.5 Å². The molecule has 0 radical (unpaired) electrons. The third-order valence-corrected chi connectivity index (χ3v) is 7.50. The van der Waals surface area contributed by atoms with Crippen LogP contribution in [0.15, 0.2) is 12.1 Å². The Labute approximate surface area is 139 Å². The van der Waals surface area contributed by atoms with Crippen molar-refractivity contribution in [2.24, 2.45) is 17.3 Å². The molecule has 0 amide bonds. The number of benzene rings is 1. The molecule has 0 unspecified atom stereocenters. The lowest BCUT2D eigenvalue weighted by Crippen LogP contribution is -2.46. The molecule has 1 aromatic carbocycles. The number of ketones is 1. The van der Waals surface area contributed by atoms with E-state index < -0.39 is 0 Å². The molecule has 1 aromatic rings. The Hall–Kier alpha value is -1.15. The fourth-order valence-corrected chi connectivity index (χ4v) is 6.12. The van der Waals surface area contributed by atoms with E-state index in [1.54, 1.807) is 6.92 Å². The van der Waals surface area contributed by atoms with Gasteiger partial charge in [-0.2, -0.15) is 0 Å². The van der Waals surface area contributed by atoms with E-state index in [2.05, 4.69) is 26.0 Å². The van der Waals surface area contributed by atoms with Gasteiger partial charge in [0.1, 0.15) is 0 Å². The Morgan fingerprint density at radius 1 is 1.26 bits per heavy atom. The highest BCUT2D eigenvalue weighted by molar-refractivity contribution is 5.96. The van der Waals surface area contributed by atoms with Gasteiger partial charge in [-0.05, 0) is 92.2 Å². The van der Waals surface area contributed by atoms with Crippen molar-refractivity contribution in [3.8, 4) is 0 Å². The number of carbonyl (C=O) groups excluding carboxylic acids is 1. The average Bonchev–Trinajstić information content (AvgIpc) is 2.89. The maximum atomic E-state index is 11.9. The predicted octanol–water partition coefficient (Wildman–Crippen LogP) is 4.41. The van der Waals surface area contributed by atoms with Crippen LogP contribution in [0.3, 0.4) is 0 Å². The van der Waals surface area contributed by atoms with Crippen LogP contribution in [0.4, 0.5) is 0 Å². The summed E-state index contributed by atoms with van der Waals surface area (Å²) in [6, 6.07) is 4.29. The van der Waals surface area contributed by atoms with Crippen LogP contribution in [0.25, 0.3) is 0 Å². The second-order valence-electron chi connectivity index (χ2n) is 8.49. The molecule has 1 N–H and O–H groups in total. The molecule has 2 saturated carbocycles. The molecule has 124 valence electrons. The van der Waals surface area contributed by atoms with E-state index in [0.29, 0.717) is 23.2 Å². The summed E-state index contributed by atoms with van der Waals surface area (Å²) in [6.07, 6.45) is 6.67. The summed E-state index contributed by atoms with van der Waals surface area (Å²) in [5, 5.41) is 10.1. The summed E-state index contributed by atoms with van der Waals surface area (Å²) >= 11 is 0. The van der Waals surface area contributed by atoms with Crippen LogP contribution >= 0.6 is 0 Å². The van der Waals surface area contributed by atoms with Gasteiger partial charge >= 0.3 is 0 Å². The standard InChI is InChI=1S/C21H28O2/c1-12-16(13(2)22)6-7-17-18-5-4-14-10-15(23)8-9-21(14,3)20(18)11-19(12)17/h6-7,14-15,18,20,23H,4-5,8-11H2,1-3H3/t14-,15-,18-,20-,21-/m0/s1. The minimum absolute atomic E-state index is 0.0838. The summed E-state index contributed by atoms with van der Waals surface area (Å²) in [7, 11) is 0. The Morgan fingerprint density at radius 2 is 2.04 bits per heavy atom. The maximum Gasteiger partial charge on any atom is 0.160 e. The van der Waals surface area contributed by atoms with Crippen LogP contribution in [0.2, 0.25) is 0 Å². The molecule has 0 spiro atoms. The van der Waals surface area contributed by atoms with E-state index in [0.717, 1.165) is 31.2 Å². The Kier molecular flexibility index (Phi) is 3.46. The van der Waals surface area contributed by atoms with Crippen LogP contribution in [-0.2, 0) is 6.42 Å². The molecule has 5 atom stereocenters. The first-order chi connectivity index (χ1) is 10.9. The first-order valence-electron chi connectivity index (χ1n) is 9.23. The number of aliphatic hydroxyl groups excluding tert-OH is 1. The molecule has 3 aliphatic rings. The monoisotopic (exact) mass is 312 g/mol. The van der Waals surface area contributed by atoms with Crippen molar-refractivity contribution < 1.29 is 9.90 Å². The van der Waals surface area contributed by atoms with E-state index in [1.807, 2.05) is 0 Å². The van der Waals surface area contributed by atoms with E-state index >= 15 is 0 Å². The topological polar surface area (TPSA) is 37.3 Å². The zero-order valence-corrected chi connectivity index (χ0v) is 14.6. The van der Waals surface area contributed by atoms with Gasteiger partial charge in [0.25, 0.3) is 0 Å². The normalized spacial score (nSPS) is 38.6. The zero-order chi connectivity index (χ0) is 16.4. The van der Waals surface area contributed by atoms with Gasteiger partial charge in [-0.15, -0.1) is 0 Å². The molecule has 4 rings (SSSR count). The number of rotatable bonds is 1. The lowest BCUT2D eigenvalue weighted by molar-refractivity contribution is -0.0508. The molecule has 2 heteroatoms.